The van der Waals surface area contributed by atoms with E-state index >= 15 is 0 Å². The zero-order valence-electron chi connectivity index (χ0n) is 16.3. The Hall–Kier alpha value is 0.300. The summed E-state index contributed by atoms with van der Waals surface area (Å²) in [7, 11) is -2.13. The van der Waals surface area contributed by atoms with Gasteiger partial charge in [-0.05, 0) is 13.5 Å². The molecule has 0 spiro atoms. The van der Waals surface area contributed by atoms with Crippen LogP contribution in [0, 0.1) is 0 Å². The van der Waals surface area contributed by atoms with E-state index in [4.69, 9.17) is 14.8 Å². The van der Waals surface area contributed by atoms with E-state index in [1.54, 1.807) is 7.05 Å². The number of aliphatic carboxylic acids is 1. The number of rotatable bonds is 13. The molecule has 0 aromatic carbocycles. The van der Waals surface area contributed by atoms with Crippen molar-refractivity contribution in [2.45, 2.75) is 70.8 Å². The number of nitrogens with one attached hydrogen (secondary N) is 1. The van der Waals surface area contributed by atoms with Gasteiger partial charge in [0.2, 0.25) is 0 Å². The van der Waals surface area contributed by atoms with Gasteiger partial charge in [0.05, 0.1) is 5.75 Å². The molecule has 142 valence electrons. The second-order valence-corrected chi connectivity index (χ2v) is 7.08. The number of carbonyl (C=O) groups is 1. The molecule has 0 aliphatic rings. The molecule has 1 unspecified atom stereocenters. The van der Waals surface area contributed by atoms with E-state index in [1.807, 2.05) is 0 Å². The molecule has 4 N–H and O–H groups in total. The fourth-order valence-electron chi connectivity index (χ4n) is 1.83. The van der Waals surface area contributed by atoms with Crippen LogP contribution in [0.2, 0.25) is 0 Å². The monoisotopic (exact) mass is 379 g/mol. The third-order valence-electron chi connectivity index (χ3n) is 3.23. The molecule has 0 aromatic heterocycles. The molecule has 24 heavy (non-hydrogen) atoms. The van der Waals surface area contributed by atoms with Gasteiger partial charge in [0.25, 0.3) is 10.1 Å². The molecule has 0 fully saturated rings. The summed E-state index contributed by atoms with van der Waals surface area (Å²) in [5, 5.41) is 20.0. The average molecular weight is 379 g/mol. The maximum atomic E-state index is 10.3. The van der Waals surface area contributed by atoms with Gasteiger partial charge in [-0.3, -0.25) is 4.55 Å². The summed E-state index contributed by atoms with van der Waals surface area (Å²) in [6, 6.07) is 0. The molecule has 0 bridgehead atoms. The molecule has 1 atom stereocenters. The van der Waals surface area contributed by atoms with E-state index in [0.717, 1.165) is 19.3 Å². The van der Waals surface area contributed by atoms with Crippen molar-refractivity contribution < 1.29 is 59.0 Å². The molecule has 0 radical (unpaired) electrons. The largest absolute Gasteiger partial charge is 1.00 e. The molecule has 0 amide bonds. The smallest absolute Gasteiger partial charge is 1.00 e. The van der Waals surface area contributed by atoms with Crippen molar-refractivity contribution in [3.8, 4) is 0 Å². The predicted molar refractivity (Wildman–Crippen MR) is 92.3 cm³/mol. The molecule has 0 aliphatic heterocycles. The van der Waals surface area contributed by atoms with E-state index in [-0.39, 0.29) is 36.7 Å². The molecule has 0 aromatic rings. The van der Waals surface area contributed by atoms with E-state index in [1.165, 1.54) is 32.1 Å². The Balaban J connectivity index is -0.000000190. The SMILES string of the molecule is CCCCCCCCCCC(O)C(=O)O.CNCCS(=O)(=O)O.[H-].[Na+]. The van der Waals surface area contributed by atoms with Crippen molar-refractivity contribution in [1.82, 2.24) is 5.32 Å². The second-order valence-electron chi connectivity index (χ2n) is 5.51. The van der Waals surface area contributed by atoms with Crippen molar-refractivity contribution in [2.75, 3.05) is 19.3 Å². The molecule has 7 nitrogen and oxygen atoms in total. The number of carboxylic acid groups (broad SMARTS) is 1. The number of aliphatic hydroxyl groups is 1. The fourth-order valence-corrected chi connectivity index (χ4v) is 2.29. The van der Waals surface area contributed by atoms with E-state index in [9.17, 15) is 13.2 Å². The number of unbranched alkanes of at least 4 members (excludes halogenated alkanes) is 7. The number of hydrogen-bond donors (Lipinski definition) is 4. The van der Waals surface area contributed by atoms with Crippen LogP contribution < -0.4 is 34.9 Å². The Labute approximate surface area is 170 Å². The van der Waals surface area contributed by atoms with Crippen molar-refractivity contribution in [3.63, 3.8) is 0 Å². The summed E-state index contributed by atoms with van der Waals surface area (Å²) < 4.78 is 27.9. The maximum absolute atomic E-state index is 10.3. The first-order valence-corrected chi connectivity index (χ1v) is 9.86. The van der Waals surface area contributed by atoms with Crippen molar-refractivity contribution >= 4 is 16.1 Å². The quantitative estimate of drug-likeness (QED) is 0.187. The minimum Gasteiger partial charge on any atom is -1.00 e. The number of aliphatic hydroxyl groups excluding tert-OH is 1. The minimum atomic E-state index is -3.75. The molecular formula is C15H34NNaO6S. The van der Waals surface area contributed by atoms with Crippen LogP contribution in [0.5, 0.6) is 0 Å². The van der Waals surface area contributed by atoms with Crippen LogP contribution in [0.1, 0.15) is 66.1 Å². The maximum Gasteiger partial charge on any atom is 1.00 e. The van der Waals surface area contributed by atoms with Gasteiger partial charge >= 0.3 is 35.5 Å². The summed E-state index contributed by atoms with van der Waals surface area (Å²) in [6.07, 6.45) is 8.68. The van der Waals surface area contributed by atoms with Gasteiger partial charge < -0.3 is 17.0 Å². The molecule has 0 saturated carbocycles. The van der Waals surface area contributed by atoms with Crippen LogP contribution in [0.25, 0.3) is 0 Å². The summed E-state index contributed by atoms with van der Waals surface area (Å²) in [5.41, 5.74) is 0. The molecular weight excluding hydrogens is 345 g/mol. The normalized spacial score (nSPS) is 11.8. The molecule has 9 heteroatoms. The van der Waals surface area contributed by atoms with Crippen molar-refractivity contribution in [3.05, 3.63) is 0 Å². The van der Waals surface area contributed by atoms with E-state index in [0.29, 0.717) is 13.0 Å². The van der Waals surface area contributed by atoms with Gasteiger partial charge in [-0.15, -0.1) is 0 Å². The first-order valence-electron chi connectivity index (χ1n) is 8.25. The second kappa shape index (κ2) is 19.6. The molecule has 0 rings (SSSR count). The molecule has 0 aliphatic carbocycles. The van der Waals surface area contributed by atoms with Gasteiger partial charge in [0.15, 0.2) is 6.10 Å². The topological polar surface area (TPSA) is 124 Å². The Morgan fingerprint density at radius 1 is 1.08 bits per heavy atom. The zero-order valence-corrected chi connectivity index (χ0v) is 18.1. The van der Waals surface area contributed by atoms with Gasteiger partial charge in [-0.25, -0.2) is 4.79 Å². The Bertz CT molecular complexity index is 384. The van der Waals surface area contributed by atoms with Gasteiger partial charge in [-0.2, -0.15) is 8.42 Å². The third kappa shape index (κ3) is 27.2. The van der Waals surface area contributed by atoms with Crippen LogP contribution >= 0.6 is 0 Å². The van der Waals surface area contributed by atoms with Crippen LogP contribution in [0.4, 0.5) is 0 Å². The third-order valence-corrected chi connectivity index (χ3v) is 3.95. The van der Waals surface area contributed by atoms with Gasteiger partial charge in [0.1, 0.15) is 0 Å². The summed E-state index contributed by atoms with van der Waals surface area (Å²) in [4.78, 5) is 10.3. The van der Waals surface area contributed by atoms with Crippen LogP contribution in [0.3, 0.4) is 0 Å². The molecule has 0 saturated heterocycles. The van der Waals surface area contributed by atoms with Gasteiger partial charge in [-0.1, -0.05) is 58.3 Å². The van der Waals surface area contributed by atoms with Crippen LogP contribution in [0.15, 0.2) is 0 Å². The van der Waals surface area contributed by atoms with Crippen LogP contribution in [-0.2, 0) is 14.9 Å². The van der Waals surface area contributed by atoms with Crippen LogP contribution in [-0.4, -0.2) is 54.6 Å². The Morgan fingerprint density at radius 2 is 1.54 bits per heavy atom. The summed E-state index contributed by atoms with van der Waals surface area (Å²) >= 11 is 0. The zero-order chi connectivity index (χ0) is 18.1. The Morgan fingerprint density at radius 3 is 1.88 bits per heavy atom. The van der Waals surface area contributed by atoms with Gasteiger partial charge in [0, 0.05) is 6.54 Å². The summed E-state index contributed by atoms with van der Waals surface area (Å²) in [5.74, 6) is -1.32. The minimum absolute atomic E-state index is 0. The first kappa shape index (κ1) is 29.1. The van der Waals surface area contributed by atoms with E-state index in [2.05, 4.69) is 12.2 Å². The predicted octanol–water partition coefficient (Wildman–Crippen LogP) is -0.827. The number of hydrogen-bond acceptors (Lipinski definition) is 5. The van der Waals surface area contributed by atoms with Crippen molar-refractivity contribution in [1.29, 1.82) is 0 Å². The van der Waals surface area contributed by atoms with Crippen molar-refractivity contribution in [2.24, 2.45) is 0 Å². The average Bonchev–Trinajstić information content (AvgIpc) is 2.47. The first-order chi connectivity index (χ1) is 10.7. The standard InChI is InChI=1S/C12H24O3.C3H9NO3S.Na.H/c1-2-3-4-5-6-7-8-9-10-11(13)12(14)15;1-4-2-3-8(5,6)7;;/h11,13H,2-10H2,1H3,(H,14,15);4H,2-3H2,1H3,(H,5,6,7);;/q;;+1;-1. The number of carboxylic acids is 1. The fraction of sp³-hybridized carbons (Fsp3) is 0.933. The summed E-state index contributed by atoms with van der Waals surface area (Å²) in [6.45, 7) is 2.49. The van der Waals surface area contributed by atoms with E-state index < -0.39 is 22.2 Å². The molecule has 0 heterocycles. The Kier molecular flexibility index (Phi) is 23.8.